The number of carbonyl (C=O) groups excluding carboxylic acids is 2. The van der Waals surface area contributed by atoms with E-state index in [9.17, 15) is 9.59 Å². The molecule has 1 aliphatic rings. The molecule has 6 nitrogen and oxygen atoms in total. The summed E-state index contributed by atoms with van der Waals surface area (Å²) in [4.78, 5) is 25.5. The molecule has 1 aromatic carbocycles. The van der Waals surface area contributed by atoms with Crippen LogP contribution in [0.2, 0.25) is 0 Å². The maximum absolute atomic E-state index is 12.7. The Kier molecular flexibility index (Phi) is 3.28. The summed E-state index contributed by atoms with van der Waals surface area (Å²) in [5.74, 6) is 0.361. The number of rotatable bonds is 3. The fraction of sp³-hybridized carbons (Fsp3) is 0.500. The van der Waals surface area contributed by atoms with Crippen molar-refractivity contribution in [2.45, 2.75) is 39.3 Å². The molecule has 0 radical (unpaired) electrons. The highest BCUT2D eigenvalue weighted by Gasteiger charge is 2.28. The number of ketones is 1. The molecule has 0 fully saturated rings. The van der Waals surface area contributed by atoms with Crippen LogP contribution in [0, 0.1) is 0 Å². The Morgan fingerprint density at radius 2 is 2.00 bits per heavy atom. The van der Waals surface area contributed by atoms with Crippen LogP contribution < -0.4 is 9.47 Å². The number of likely N-dealkylation sites (N-methyl/N-ethyl adjacent to an activating group) is 1. The summed E-state index contributed by atoms with van der Waals surface area (Å²) < 4.78 is 38.3. The Morgan fingerprint density at radius 1 is 1.32 bits per heavy atom. The topological polar surface area (TPSA) is 65.1 Å². The first-order chi connectivity index (χ1) is 11.4. The van der Waals surface area contributed by atoms with Crippen molar-refractivity contribution >= 4 is 11.9 Å². The molecule has 1 unspecified atom stereocenters. The van der Waals surface area contributed by atoms with E-state index in [1.165, 1.54) is 19.1 Å². The Morgan fingerprint density at radius 3 is 2.64 bits per heavy atom. The van der Waals surface area contributed by atoms with Crippen LogP contribution in [-0.4, -0.2) is 42.2 Å². The largest absolute Gasteiger partial charge is 0.454 e. The first kappa shape index (κ1) is 12.3. The third kappa shape index (κ3) is 3.50. The molecule has 120 valence electrons. The van der Waals surface area contributed by atoms with Crippen molar-refractivity contribution in [2.24, 2.45) is 0 Å². The average Bonchev–Trinajstić information content (AvgIpc) is 2.90. The van der Waals surface area contributed by atoms with Gasteiger partial charge in [-0.25, -0.2) is 4.79 Å². The lowest BCUT2D eigenvalue weighted by atomic mass is 10.0. The normalized spacial score (nSPS) is 17.0. The number of ether oxygens (including phenoxy) is 3. The number of nitrogens with zero attached hydrogens (tertiary/aromatic N) is 1. The summed E-state index contributed by atoms with van der Waals surface area (Å²) in [6, 6.07) is 3.28. The smallest absolute Gasteiger partial charge is 0.410 e. The zero-order chi connectivity index (χ0) is 19.0. The predicted molar refractivity (Wildman–Crippen MR) is 80.4 cm³/mol. The SMILES string of the molecule is [2H]C([2H])([2H])N(C(=O)OC(C)(C)C)C(C)C(=O)c1ccc2c(c1)OCO2. The number of fused-ring (bicyclic) bond motifs is 1. The third-order valence-corrected chi connectivity index (χ3v) is 3.01. The summed E-state index contributed by atoms with van der Waals surface area (Å²) in [6.45, 7) is 3.44. The van der Waals surface area contributed by atoms with Gasteiger partial charge < -0.3 is 19.1 Å². The molecule has 0 bridgehead atoms. The standard InChI is InChI=1S/C16H21NO5/c1-10(17(5)15(19)22-16(2,3)4)14(18)11-6-7-12-13(8-11)21-9-20-12/h6-8,10H,9H2,1-5H3/i5D3. The van der Waals surface area contributed by atoms with Crippen molar-refractivity contribution in [3.63, 3.8) is 0 Å². The van der Waals surface area contributed by atoms with Gasteiger partial charge in [-0.2, -0.15) is 0 Å². The van der Waals surface area contributed by atoms with Crippen molar-refractivity contribution in [1.29, 1.82) is 0 Å². The summed E-state index contributed by atoms with van der Waals surface area (Å²) in [5, 5.41) is 0. The molecule has 0 N–H and O–H groups in total. The molecule has 1 heterocycles. The molecule has 0 spiro atoms. The predicted octanol–water partition coefficient (Wildman–Crippen LogP) is 2.85. The molecule has 1 amide bonds. The van der Waals surface area contributed by atoms with Crippen LogP contribution in [0.15, 0.2) is 18.2 Å². The second kappa shape index (κ2) is 5.87. The molecule has 2 rings (SSSR count). The minimum atomic E-state index is -2.83. The van der Waals surface area contributed by atoms with Gasteiger partial charge in [-0.05, 0) is 45.9 Å². The van der Waals surface area contributed by atoms with Gasteiger partial charge in [-0.3, -0.25) is 4.79 Å². The molecule has 0 saturated heterocycles. The quantitative estimate of drug-likeness (QED) is 0.803. The molecule has 22 heavy (non-hydrogen) atoms. The minimum Gasteiger partial charge on any atom is -0.454 e. The maximum Gasteiger partial charge on any atom is 0.410 e. The number of hydrogen-bond donors (Lipinski definition) is 0. The van der Waals surface area contributed by atoms with Crippen molar-refractivity contribution in [2.75, 3.05) is 13.8 Å². The van der Waals surface area contributed by atoms with E-state index in [1.807, 2.05) is 0 Å². The van der Waals surface area contributed by atoms with Crippen molar-refractivity contribution in [3.8, 4) is 11.5 Å². The van der Waals surface area contributed by atoms with Gasteiger partial charge in [0, 0.05) is 16.7 Å². The molecule has 0 saturated carbocycles. The van der Waals surface area contributed by atoms with E-state index in [0.29, 0.717) is 16.4 Å². The Bertz CT molecular complexity index is 681. The van der Waals surface area contributed by atoms with E-state index < -0.39 is 30.5 Å². The van der Waals surface area contributed by atoms with E-state index in [4.69, 9.17) is 18.3 Å². The van der Waals surface area contributed by atoms with Gasteiger partial charge in [0.25, 0.3) is 0 Å². The van der Waals surface area contributed by atoms with Gasteiger partial charge in [0.1, 0.15) is 5.60 Å². The van der Waals surface area contributed by atoms with E-state index in [2.05, 4.69) is 0 Å². The minimum absolute atomic E-state index is 0.0574. The second-order valence-corrected chi connectivity index (χ2v) is 5.96. The molecular formula is C16H21NO5. The average molecular weight is 310 g/mol. The van der Waals surface area contributed by atoms with Crippen LogP contribution in [0.5, 0.6) is 11.5 Å². The molecule has 6 heteroatoms. The number of Topliss-reactive ketones (excluding diaryl/α,β-unsaturated/α-hetero) is 1. The van der Waals surface area contributed by atoms with Crippen LogP contribution >= 0.6 is 0 Å². The van der Waals surface area contributed by atoms with Crippen LogP contribution in [0.1, 0.15) is 42.2 Å². The van der Waals surface area contributed by atoms with Crippen LogP contribution in [0.4, 0.5) is 4.79 Å². The van der Waals surface area contributed by atoms with E-state index in [0.717, 1.165) is 0 Å². The van der Waals surface area contributed by atoms with Crippen LogP contribution in [-0.2, 0) is 4.74 Å². The summed E-state index contributed by atoms with van der Waals surface area (Å²) in [7, 11) is 0. The van der Waals surface area contributed by atoms with Gasteiger partial charge in [0.05, 0.1) is 6.04 Å². The highest BCUT2D eigenvalue weighted by molar-refractivity contribution is 6.01. The number of carbonyl (C=O) groups is 2. The van der Waals surface area contributed by atoms with E-state index >= 15 is 0 Å². The van der Waals surface area contributed by atoms with Crippen LogP contribution in [0.25, 0.3) is 0 Å². The lowest BCUT2D eigenvalue weighted by molar-refractivity contribution is 0.0231. The van der Waals surface area contributed by atoms with E-state index in [1.54, 1.807) is 26.8 Å². The first-order valence-electron chi connectivity index (χ1n) is 8.36. The maximum atomic E-state index is 12.7. The van der Waals surface area contributed by atoms with Gasteiger partial charge in [0.15, 0.2) is 17.3 Å². The number of amides is 1. The summed E-state index contributed by atoms with van der Waals surface area (Å²) >= 11 is 0. The number of benzene rings is 1. The first-order valence-corrected chi connectivity index (χ1v) is 6.86. The molecule has 1 atom stereocenters. The van der Waals surface area contributed by atoms with Gasteiger partial charge in [-0.15, -0.1) is 0 Å². The fourth-order valence-electron chi connectivity index (χ4n) is 1.88. The molecule has 1 aromatic rings. The summed E-state index contributed by atoms with van der Waals surface area (Å²) in [6.07, 6.45) is -1.07. The highest BCUT2D eigenvalue weighted by atomic mass is 16.7. The van der Waals surface area contributed by atoms with Gasteiger partial charge in [-0.1, -0.05) is 0 Å². The zero-order valence-electron chi connectivity index (χ0n) is 16.0. The molecule has 0 aliphatic carbocycles. The van der Waals surface area contributed by atoms with Gasteiger partial charge >= 0.3 is 6.09 Å². The van der Waals surface area contributed by atoms with Crippen molar-refractivity contribution in [1.82, 2.24) is 4.90 Å². The molecular weight excluding hydrogens is 286 g/mol. The lowest BCUT2D eigenvalue weighted by Crippen LogP contribution is -2.43. The molecule has 0 aromatic heterocycles. The lowest BCUT2D eigenvalue weighted by Gasteiger charge is -2.28. The van der Waals surface area contributed by atoms with Gasteiger partial charge in [0.2, 0.25) is 6.79 Å². The van der Waals surface area contributed by atoms with Crippen molar-refractivity contribution < 1.29 is 27.9 Å². The summed E-state index contributed by atoms with van der Waals surface area (Å²) in [5.41, 5.74) is -0.670. The van der Waals surface area contributed by atoms with Crippen molar-refractivity contribution in [3.05, 3.63) is 23.8 Å². The number of hydrogen-bond acceptors (Lipinski definition) is 5. The fourth-order valence-corrected chi connectivity index (χ4v) is 1.88. The zero-order valence-corrected chi connectivity index (χ0v) is 13.0. The Labute approximate surface area is 134 Å². The highest BCUT2D eigenvalue weighted by Crippen LogP contribution is 2.33. The Balaban J connectivity index is 2.28. The van der Waals surface area contributed by atoms with E-state index in [-0.39, 0.29) is 12.4 Å². The Hall–Kier alpha value is -2.24. The monoisotopic (exact) mass is 310 g/mol. The molecule has 1 aliphatic heterocycles. The van der Waals surface area contributed by atoms with Crippen LogP contribution in [0.3, 0.4) is 0 Å². The second-order valence-electron chi connectivity index (χ2n) is 5.96. The third-order valence-electron chi connectivity index (χ3n) is 3.01.